The summed E-state index contributed by atoms with van der Waals surface area (Å²) in [7, 11) is 1.63. The van der Waals surface area contributed by atoms with Crippen LogP contribution >= 0.6 is 0 Å². The lowest BCUT2D eigenvalue weighted by molar-refractivity contribution is -0.138. The number of rotatable bonds is 5. The van der Waals surface area contributed by atoms with E-state index in [0.717, 1.165) is 24.4 Å². The van der Waals surface area contributed by atoms with E-state index in [9.17, 15) is 4.79 Å². The van der Waals surface area contributed by atoms with Gasteiger partial charge in [-0.25, -0.2) is 0 Å². The van der Waals surface area contributed by atoms with Gasteiger partial charge in [0, 0.05) is 38.3 Å². The number of methoxy groups -OCH3 is 1. The normalized spacial score (nSPS) is 16.6. The van der Waals surface area contributed by atoms with Crippen molar-refractivity contribution in [2.45, 2.75) is 19.3 Å². The van der Waals surface area contributed by atoms with Crippen LogP contribution in [0.15, 0.2) is 24.3 Å². The maximum atomic E-state index is 13.0. The molecule has 1 aliphatic heterocycles. The van der Waals surface area contributed by atoms with Gasteiger partial charge in [0.25, 0.3) is 0 Å². The first-order chi connectivity index (χ1) is 10.5. The Bertz CT molecular complexity index is 508. The summed E-state index contributed by atoms with van der Waals surface area (Å²) in [4.78, 5) is 17.1. The van der Waals surface area contributed by atoms with Crippen molar-refractivity contribution in [1.82, 2.24) is 9.80 Å². The minimum absolute atomic E-state index is 0.126. The number of β-amino-alcohol motifs (C(OH)–C–C–N with tert-alkyl or cyclic N) is 1. The van der Waals surface area contributed by atoms with Gasteiger partial charge in [-0.3, -0.25) is 9.69 Å². The van der Waals surface area contributed by atoms with Gasteiger partial charge in [0.05, 0.1) is 19.1 Å². The zero-order valence-electron chi connectivity index (χ0n) is 13.7. The molecule has 0 unspecified atom stereocenters. The standard InChI is InChI=1S/C17H26N2O3/c1-17(2,14-6-4-5-7-15(14)22-3)16(21)19-10-8-18(9-11-19)12-13-20/h4-7,20H,8-13H2,1-3H3. The fourth-order valence-electron chi connectivity index (χ4n) is 2.99. The molecule has 0 aromatic heterocycles. The second-order valence-electron chi connectivity index (χ2n) is 6.18. The summed E-state index contributed by atoms with van der Waals surface area (Å²) in [6.45, 7) is 7.79. The Balaban J connectivity index is 2.11. The molecule has 1 aromatic rings. The van der Waals surface area contributed by atoms with Crippen LogP contribution in [0.4, 0.5) is 0 Å². The smallest absolute Gasteiger partial charge is 0.232 e. The highest BCUT2D eigenvalue weighted by atomic mass is 16.5. The molecule has 0 saturated carbocycles. The molecule has 0 radical (unpaired) electrons. The number of amides is 1. The number of aliphatic hydroxyl groups is 1. The topological polar surface area (TPSA) is 53.0 Å². The summed E-state index contributed by atoms with van der Waals surface area (Å²) >= 11 is 0. The number of nitrogens with zero attached hydrogens (tertiary/aromatic N) is 2. The molecule has 1 aromatic carbocycles. The molecular formula is C17H26N2O3. The first-order valence-electron chi connectivity index (χ1n) is 7.76. The summed E-state index contributed by atoms with van der Waals surface area (Å²) in [5, 5.41) is 8.99. The van der Waals surface area contributed by atoms with Crippen molar-refractivity contribution >= 4 is 5.91 Å². The van der Waals surface area contributed by atoms with Gasteiger partial charge in [-0.2, -0.15) is 0 Å². The van der Waals surface area contributed by atoms with Gasteiger partial charge in [0.15, 0.2) is 0 Å². The average molecular weight is 306 g/mol. The molecule has 1 fully saturated rings. The van der Waals surface area contributed by atoms with E-state index in [1.807, 2.05) is 43.0 Å². The van der Waals surface area contributed by atoms with Crippen molar-refractivity contribution in [3.8, 4) is 5.75 Å². The molecule has 0 bridgehead atoms. The highest BCUT2D eigenvalue weighted by Gasteiger charge is 2.36. The van der Waals surface area contributed by atoms with Crippen LogP contribution in [-0.2, 0) is 10.2 Å². The molecule has 122 valence electrons. The third-order valence-corrected chi connectivity index (χ3v) is 4.39. The highest BCUT2D eigenvalue weighted by Crippen LogP contribution is 2.33. The Morgan fingerprint density at radius 3 is 2.45 bits per heavy atom. The Morgan fingerprint density at radius 1 is 1.23 bits per heavy atom. The predicted molar refractivity (Wildman–Crippen MR) is 86.1 cm³/mol. The average Bonchev–Trinajstić information content (AvgIpc) is 2.55. The van der Waals surface area contributed by atoms with Crippen LogP contribution in [0.3, 0.4) is 0 Å². The van der Waals surface area contributed by atoms with Gasteiger partial charge >= 0.3 is 0 Å². The third-order valence-electron chi connectivity index (χ3n) is 4.39. The molecule has 0 atom stereocenters. The Hall–Kier alpha value is -1.59. The lowest BCUT2D eigenvalue weighted by atomic mass is 9.82. The van der Waals surface area contributed by atoms with Crippen LogP contribution in [0.5, 0.6) is 5.75 Å². The molecule has 1 saturated heterocycles. The summed E-state index contributed by atoms with van der Waals surface area (Å²) in [6.07, 6.45) is 0. The van der Waals surface area contributed by atoms with Gasteiger partial charge < -0.3 is 14.7 Å². The molecule has 1 aliphatic rings. The molecule has 0 spiro atoms. The van der Waals surface area contributed by atoms with E-state index in [1.165, 1.54) is 0 Å². The van der Waals surface area contributed by atoms with Gasteiger partial charge in [0.2, 0.25) is 5.91 Å². The third kappa shape index (κ3) is 3.42. The van der Waals surface area contributed by atoms with Crippen LogP contribution in [0.25, 0.3) is 0 Å². The first-order valence-corrected chi connectivity index (χ1v) is 7.76. The van der Waals surface area contributed by atoms with Crippen LogP contribution in [0, 0.1) is 0 Å². The number of carbonyl (C=O) groups is 1. The fourth-order valence-corrected chi connectivity index (χ4v) is 2.99. The number of piperazine rings is 1. The van der Waals surface area contributed by atoms with Crippen molar-refractivity contribution in [3.63, 3.8) is 0 Å². The van der Waals surface area contributed by atoms with Crippen LogP contribution < -0.4 is 4.74 Å². The van der Waals surface area contributed by atoms with E-state index in [2.05, 4.69) is 4.90 Å². The number of para-hydroxylation sites is 1. The number of benzene rings is 1. The molecule has 2 rings (SSSR count). The lowest BCUT2D eigenvalue weighted by Gasteiger charge is -2.38. The molecule has 1 amide bonds. The second-order valence-corrected chi connectivity index (χ2v) is 6.18. The quantitative estimate of drug-likeness (QED) is 0.885. The number of ether oxygens (including phenoxy) is 1. The van der Waals surface area contributed by atoms with E-state index >= 15 is 0 Å². The number of hydrogen-bond donors (Lipinski definition) is 1. The zero-order chi connectivity index (χ0) is 16.2. The summed E-state index contributed by atoms with van der Waals surface area (Å²) < 4.78 is 5.41. The maximum Gasteiger partial charge on any atom is 0.232 e. The maximum absolute atomic E-state index is 13.0. The van der Waals surface area contributed by atoms with Gasteiger partial charge in [0.1, 0.15) is 5.75 Å². The number of hydrogen-bond acceptors (Lipinski definition) is 4. The zero-order valence-corrected chi connectivity index (χ0v) is 13.7. The van der Waals surface area contributed by atoms with Crippen molar-refractivity contribution < 1.29 is 14.6 Å². The predicted octanol–water partition coefficient (Wildman–Crippen LogP) is 1.11. The Morgan fingerprint density at radius 2 is 1.86 bits per heavy atom. The summed E-state index contributed by atoms with van der Waals surface area (Å²) in [5.74, 6) is 0.875. The molecule has 5 heteroatoms. The van der Waals surface area contributed by atoms with Crippen molar-refractivity contribution in [1.29, 1.82) is 0 Å². The SMILES string of the molecule is COc1ccccc1C(C)(C)C(=O)N1CCN(CCO)CC1. The molecule has 5 nitrogen and oxygen atoms in total. The van der Waals surface area contributed by atoms with E-state index in [4.69, 9.17) is 9.84 Å². The lowest BCUT2D eigenvalue weighted by Crippen LogP contribution is -2.53. The Labute approximate surface area is 132 Å². The van der Waals surface area contributed by atoms with Crippen LogP contribution in [-0.4, -0.2) is 67.3 Å². The molecule has 1 heterocycles. The van der Waals surface area contributed by atoms with Crippen LogP contribution in [0.2, 0.25) is 0 Å². The van der Waals surface area contributed by atoms with E-state index in [0.29, 0.717) is 19.6 Å². The van der Waals surface area contributed by atoms with Crippen molar-refractivity contribution in [3.05, 3.63) is 29.8 Å². The summed E-state index contributed by atoms with van der Waals surface area (Å²) in [5.41, 5.74) is 0.298. The van der Waals surface area contributed by atoms with Crippen molar-refractivity contribution in [2.24, 2.45) is 0 Å². The second kappa shape index (κ2) is 7.11. The highest BCUT2D eigenvalue weighted by molar-refractivity contribution is 5.88. The summed E-state index contributed by atoms with van der Waals surface area (Å²) in [6, 6.07) is 7.70. The van der Waals surface area contributed by atoms with Gasteiger partial charge in [-0.15, -0.1) is 0 Å². The minimum atomic E-state index is -0.619. The van der Waals surface area contributed by atoms with Crippen molar-refractivity contribution in [2.75, 3.05) is 46.4 Å². The first kappa shape index (κ1) is 16.8. The monoisotopic (exact) mass is 306 g/mol. The Kier molecular flexibility index (Phi) is 5.42. The van der Waals surface area contributed by atoms with E-state index in [1.54, 1.807) is 7.11 Å². The van der Waals surface area contributed by atoms with Crippen LogP contribution in [0.1, 0.15) is 19.4 Å². The van der Waals surface area contributed by atoms with Gasteiger partial charge in [-0.1, -0.05) is 18.2 Å². The number of carbonyl (C=O) groups excluding carboxylic acids is 1. The molecule has 0 aliphatic carbocycles. The molecule has 1 N–H and O–H groups in total. The largest absolute Gasteiger partial charge is 0.496 e. The van der Waals surface area contributed by atoms with Gasteiger partial charge in [-0.05, 0) is 19.9 Å². The van der Waals surface area contributed by atoms with E-state index in [-0.39, 0.29) is 12.5 Å². The molecular weight excluding hydrogens is 280 g/mol. The number of aliphatic hydroxyl groups excluding tert-OH is 1. The minimum Gasteiger partial charge on any atom is -0.496 e. The fraction of sp³-hybridized carbons (Fsp3) is 0.588. The molecule has 22 heavy (non-hydrogen) atoms. The van der Waals surface area contributed by atoms with E-state index < -0.39 is 5.41 Å².